The maximum atomic E-state index is 12.4. The Balaban J connectivity index is 2.04. The van der Waals surface area contributed by atoms with Crippen molar-refractivity contribution < 1.29 is 4.79 Å². The van der Waals surface area contributed by atoms with Crippen LogP contribution in [-0.4, -0.2) is 42.0 Å². The Morgan fingerprint density at radius 2 is 2.42 bits per heavy atom. The molecule has 0 aromatic carbocycles. The number of hydrogen-bond donors (Lipinski definition) is 0. The van der Waals surface area contributed by atoms with Gasteiger partial charge in [-0.05, 0) is 19.0 Å². The van der Waals surface area contributed by atoms with Crippen molar-refractivity contribution >= 4 is 34.9 Å². The molecule has 19 heavy (non-hydrogen) atoms. The number of ketones is 1. The molecule has 1 unspecified atom stereocenters. The average Bonchev–Trinajstić information content (AvgIpc) is 2.73. The number of nitrogens with zero attached hydrogens (tertiary/aromatic N) is 3. The Kier molecular flexibility index (Phi) is 3.25. The van der Waals surface area contributed by atoms with E-state index in [9.17, 15) is 10.5 Å². The fourth-order valence-electron chi connectivity index (χ4n) is 2.58. The summed E-state index contributed by atoms with van der Waals surface area (Å²) in [7, 11) is 2.07. The summed E-state index contributed by atoms with van der Waals surface area (Å²) in [6.07, 6.45) is 2.75. The molecule has 0 amide bonds. The van der Waals surface area contributed by atoms with Crippen LogP contribution in [0.15, 0.2) is 4.99 Å². The number of carbonyl (C=O) groups excluding carboxylic acids is 1. The Hall–Kier alpha value is -0.750. The smallest absolute Gasteiger partial charge is 0.218 e. The van der Waals surface area contributed by atoms with Crippen molar-refractivity contribution in [2.75, 3.05) is 19.5 Å². The molecular formula is C13H14ClN3OS. The van der Waals surface area contributed by atoms with E-state index in [1.807, 2.05) is 0 Å². The third kappa shape index (κ3) is 2.05. The van der Waals surface area contributed by atoms with Gasteiger partial charge in [-0.2, -0.15) is 0 Å². The van der Waals surface area contributed by atoms with E-state index >= 15 is 0 Å². The SMILES string of the molecule is CN1CCc2c(sc3c2C=NC([N])(CCCl)C3=O)C1. The molecule has 1 aromatic rings. The lowest BCUT2D eigenvalue weighted by molar-refractivity contribution is 0.0886. The Labute approximate surface area is 121 Å². The van der Waals surface area contributed by atoms with E-state index in [-0.39, 0.29) is 18.1 Å². The predicted octanol–water partition coefficient (Wildman–Crippen LogP) is 1.75. The van der Waals surface area contributed by atoms with Crippen LogP contribution in [0.4, 0.5) is 0 Å². The molecule has 0 bridgehead atoms. The van der Waals surface area contributed by atoms with Gasteiger partial charge in [0.2, 0.25) is 11.4 Å². The summed E-state index contributed by atoms with van der Waals surface area (Å²) in [6, 6.07) is 0. The topological polar surface area (TPSA) is 55.0 Å². The second-order valence-electron chi connectivity index (χ2n) is 5.08. The lowest BCUT2D eigenvalue weighted by atomic mass is 9.93. The number of alkyl halides is 1. The fourth-order valence-corrected chi connectivity index (χ4v) is 4.25. The first-order valence-corrected chi connectivity index (χ1v) is 7.62. The highest BCUT2D eigenvalue weighted by molar-refractivity contribution is 7.14. The molecule has 0 spiro atoms. The predicted molar refractivity (Wildman–Crippen MR) is 76.5 cm³/mol. The molecule has 0 aliphatic carbocycles. The number of carbonyl (C=O) groups is 1. The molecule has 100 valence electrons. The molecule has 2 aliphatic heterocycles. The number of rotatable bonds is 2. The standard InChI is InChI=1S/C13H14ClN3OS/c1-17-5-2-8-9-6-16-13(15,3-4-14)12(18)11(9)19-10(8)7-17/h6H,2-5,7H2,1H3. The van der Waals surface area contributed by atoms with Gasteiger partial charge in [-0.25, -0.2) is 0 Å². The molecule has 4 nitrogen and oxygen atoms in total. The number of fused-ring (bicyclic) bond motifs is 3. The summed E-state index contributed by atoms with van der Waals surface area (Å²) in [5.41, 5.74) is 10.7. The molecule has 0 saturated heterocycles. The summed E-state index contributed by atoms with van der Waals surface area (Å²) >= 11 is 7.14. The number of likely N-dealkylation sites (N-methyl/N-ethyl adjacent to an activating group) is 1. The maximum absolute atomic E-state index is 12.4. The lowest BCUT2D eigenvalue weighted by Crippen LogP contribution is -2.41. The van der Waals surface area contributed by atoms with Crippen LogP contribution in [0.25, 0.3) is 0 Å². The molecule has 0 N–H and O–H groups in total. The molecule has 0 saturated carbocycles. The van der Waals surface area contributed by atoms with Crippen molar-refractivity contribution in [1.82, 2.24) is 10.6 Å². The van der Waals surface area contributed by atoms with E-state index in [0.717, 1.165) is 25.1 Å². The number of aliphatic imine (C=N–C) groups is 1. The summed E-state index contributed by atoms with van der Waals surface area (Å²) in [6.45, 7) is 1.85. The van der Waals surface area contributed by atoms with Gasteiger partial charge in [0, 0.05) is 42.0 Å². The van der Waals surface area contributed by atoms with Crippen molar-refractivity contribution in [3.05, 3.63) is 20.9 Å². The molecule has 0 fully saturated rings. The zero-order valence-corrected chi connectivity index (χ0v) is 12.2. The van der Waals surface area contributed by atoms with Crippen LogP contribution < -0.4 is 5.73 Å². The van der Waals surface area contributed by atoms with Gasteiger partial charge in [0.15, 0.2) is 0 Å². The van der Waals surface area contributed by atoms with Crippen molar-refractivity contribution in [2.45, 2.75) is 25.0 Å². The first-order chi connectivity index (χ1) is 9.05. The van der Waals surface area contributed by atoms with E-state index in [4.69, 9.17) is 11.6 Å². The molecule has 1 atom stereocenters. The minimum absolute atomic E-state index is 0.159. The molecular weight excluding hydrogens is 282 g/mol. The third-order valence-electron chi connectivity index (χ3n) is 3.71. The van der Waals surface area contributed by atoms with Crippen LogP contribution in [-0.2, 0) is 13.0 Å². The van der Waals surface area contributed by atoms with Crippen molar-refractivity contribution in [2.24, 2.45) is 4.99 Å². The minimum atomic E-state index is -1.66. The first-order valence-electron chi connectivity index (χ1n) is 6.26. The number of Topliss-reactive ketones (excluding diaryl/α,β-unsaturated/α-hetero) is 1. The average molecular weight is 296 g/mol. The maximum Gasteiger partial charge on any atom is 0.218 e. The molecule has 1 aromatic heterocycles. The van der Waals surface area contributed by atoms with Crippen LogP contribution in [0.2, 0.25) is 0 Å². The molecule has 2 aliphatic rings. The zero-order valence-electron chi connectivity index (χ0n) is 10.6. The highest BCUT2D eigenvalue weighted by Gasteiger charge is 2.41. The lowest BCUT2D eigenvalue weighted by Gasteiger charge is -2.24. The third-order valence-corrected chi connectivity index (χ3v) is 5.13. The van der Waals surface area contributed by atoms with Gasteiger partial charge in [0.1, 0.15) is 0 Å². The van der Waals surface area contributed by atoms with E-state index in [2.05, 4.69) is 16.9 Å². The zero-order chi connectivity index (χ0) is 13.6. The number of thiophene rings is 1. The number of halogens is 1. The molecule has 6 heteroatoms. The summed E-state index contributed by atoms with van der Waals surface area (Å²) < 4.78 is 0. The second kappa shape index (κ2) is 4.66. The van der Waals surface area contributed by atoms with Gasteiger partial charge in [-0.3, -0.25) is 9.79 Å². The summed E-state index contributed by atoms with van der Waals surface area (Å²) in [4.78, 5) is 20.6. The summed E-state index contributed by atoms with van der Waals surface area (Å²) in [5, 5.41) is 0. The molecule has 3 heterocycles. The van der Waals surface area contributed by atoms with Crippen molar-refractivity contribution in [3.63, 3.8) is 0 Å². The van der Waals surface area contributed by atoms with Crippen LogP contribution in [0, 0.1) is 0 Å². The summed E-state index contributed by atoms with van der Waals surface area (Å²) in [5.74, 6) is -0.0874. The Morgan fingerprint density at radius 3 is 3.16 bits per heavy atom. The van der Waals surface area contributed by atoms with Crippen molar-refractivity contribution in [3.8, 4) is 0 Å². The van der Waals surface area contributed by atoms with E-state index < -0.39 is 5.66 Å². The normalized spacial score (nSPS) is 26.4. The van der Waals surface area contributed by atoms with Gasteiger partial charge < -0.3 is 4.90 Å². The highest BCUT2D eigenvalue weighted by Crippen LogP contribution is 2.37. The van der Waals surface area contributed by atoms with Crippen molar-refractivity contribution in [1.29, 1.82) is 0 Å². The quantitative estimate of drug-likeness (QED) is 0.781. The minimum Gasteiger partial charge on any atom is -0.301 e. The van der Waals surface area contributed by atoms with Crippen LogP contribution in [0.1, 0.15) is 32.1 Å². The van der Waals surface area contributed by atoms with Crippen LogP contribution in [0.5, 0.6) is 0 Å². The van der Waals surface area contributed by atoms with Gasteiger partial charge in [0.05, 0.1) is 4.88 Å². The Bertz CT molecular complexity index is 568. The van der Waals surface area contributed by atoms with Crippen LogP contribution in [0.3, 0.4) is 0 Å². The van der Waals surface area contributed by atoms with E-state index in [1.54, 1.807) is 6.21 Å². The van der Waals surface area contributed by atoms with Gasteiger partial charge in [-0.15, -0.1) is 28.7 Å². The van der Waals surface area contributed by atoms with Gasteiger partial charge >= 0.3 is 0 Å². The monoisotopic (exact) mass is 295 g/mol. The highest BCUT2D eigenvalue weighted by atomic mass is 35.5. The largest absolute Gasteiger partial charge is 0.301 e. The number of hydrogen-bond acceptors (Lipinski definition) is 4. The molecule has 3 rings (SSSR count). The van der Waals surface area contributed by atoms with Crippen LogP contribution >= 0.6 is 22.9 Å². The molecule has 2 radical (unpaired) electrons. The van der Waals surface area contributed by atoms with Gasteiger partial charge in [0.25, 0.3) is 0 Å². The fraction of sp³-hybridized carbons (Fsp3) is 0.538. The van der Waals surface area contributed by atoms with Gasteiger partial charge in [-0.1, -0.05) is 0 Å². The second-order valence-corrected chi connectivity index (χ2v) is 6.56. The first kappa shape index (κ1) is 13.2. The Morgan fingerprint density at radius 1 is 1.63 bits per heavy atom. The van der Waals surface area contributed by atoms with E-state index in [0.29, 0.717) is 4.88 Å². The van der Waals surface area contributed by atoms with E-state index in [1.165, 1.54) is 21.8 Å².